The zero-order valence-corrected chi connectivity index (χ0v) is 6.95. The number of nitrogens with two attached hydrogens (primary N) is 2. The standard InChI is InChI=1S/C7H16N4/c1-2-4-10-6-11-5-3-7(8)9/h7H,2-5,8-9H2,1H3. The fraction of sp³-hybridized carbons (Fsp3) is 0.857. The van der Waals surface area contributed by atoms with E-state index in [0.29, 0.717) is 13.0 Å². The summed E-state index contributed by atoms with van der Waals surface area (Å²) in [5, 5.41) is 0. The van der Waals surface area contributed by atoms with Crippen molar-refractivity contribution >= 4 is 6.01 Å². The van der Waals surface area contributed by atoms with Crippen molar-refractivity contribution in [2.24, 2.45) is 21.5 Å². The molecular weight excluding hydrogens is 140 g/mol. The normalized spacial score (nSPS) is 9.45. The van der Waals surface area contributed by atoms with Crippen LogP contribution in [-0.4, -0.2) is 25.3 Å². The fourth-order valence-electron chi connectivity index (χ4n) is 0.475. The van der Waals surface area contributed by atoms with Gasteiger partial charge >= 0.3 is 0 Å². The molecule has 0 spiro atoms. The highest BCUT2D eigenvalue weighted by atomic mass is 14.9. The molecule has 4 heteroatoms. The van der Waals surface area contributed by atoms with Crippen LogP contribution in [0.15, 0.2) is 9.98 Å². The van der Waals surface area contributed by atoms with Gasteiger partial charge in [0.25, 0.3) is 0 Å². The third-order valence-electron chi connectivity index (χ3n) is 1.05. The molecule has 4 N–H and O–H groups in total. The maximum absolute atomic E-state index is 5.29. The Morgan fingerprint density at radius 3 is 2.45 bits per heavy atom. The Labute approximate surface area is 67.4 Å². The van der Waals surface area contributed by atoms with E-state index in [1.54, 1.807) is 0 Å². The van der Waals surface area contributed by atoms with Crippen molar-refractivity contribution in [3.8, 4) is 0 Å². The van der Waals surface area contributed by atoms with Gasteiger partial charge in [-0.2, -0.15) is 0 Å². The largest absolute Gasteiger partial charge is 0.316 e. The van der Waals surface area contributed by atoms with Crippen molar-refractivity contribution in [2.75, 3.05) is 13.1 Å². The minimum absolute atomic E-state index is 0.272. The minimum Gasteiger partial charge on any atom is -0.316 e. The lowest BCUT2D eigenvalue weighted by Gasteiger charge is -1.97. The molecule has 0 heterocycles. The quantitative estimate of drug-likeness (QED) is 0.440. The fourth-order valence-corrected chi connectivity index (χ4v) is 0.475. The zero-order valence-electron chi connectivity index (χ0n) is 6.95. The Balaban J connectivity index is 3.28. The van der Waals surface area contributed by atoms with E-state index in [2.05, 4.69) is 22.9 Å². The van der Waals surface area contributed by atoms with Crippen molar-refractivity contribution in [2.45, 2.75) is 25.9 Å². The molecule has 0 aromatic heterocycles. The highest BCUT2D eigenvalue weighted by molar-refractivity contribution is 5.40. The molecule has 11 heavy (non-hydrogen) atoms. The van der Waals surface area contributed by atoms with Crippen molar-refractivity contribution in [3.05, 3.63) is 0 Å². The topological polar surface area (TPSA) is 76.8 Å². The first-order chi connectivity index (χ1) is 5.27. The first kappa shape index (κ1) is 10.3. The van der Waals surface area contributed by atoms with Gasteiger partial charge in [0.2, 0.25) is 0 Å². The Bertz CT molecular complexity index is 135. The van der Waals surface area contributed by atoms with E-state index in [1.165, 1.54) is 0 Å². The summed E-state index contributed by atoms with van der Waals surface area (Å²) in [7, 11) is 0. The van der Waals surface area contributed by atoms with Crippen LogP contribution in [0.1, 0.15) is 19.8 Å². The molecule has 0 fully saturated rings. The summed E-state index contributed by atoms with van der Waals surface area (Å²) in [5.74, 6) is 0. The summed E-state index contributed by atoms with van der Waals surface area (Å²) in [6.07, 6.45) is 1.44. The molecule has 0 aliphatic heterocycles. The predicted octanol–water partition coefficient (Wildman–Crippen LogP) is 0.204. The zero-order chi connectivity index (χ0) is 8.53. The summed E-state index contributed by atoms with van der Waals surface area (Å²) < 4.78 is 0. The maximum Gasteiger partial charge on any atom is 0.0892 e. The third-order valence-corrected chi connectivity index (χ3v) is 1.05. The van der Waals surface area contributed by atoms with Crippen LogP contribution in [0.3, 0.4) is 0 Å². The number of hydrogen-bond donors (Lipinski definition) is 2. The van der Waals surface area contributed by atoms with Gasteiger partial charge < -0.3 is 11.5 Å². The van der Waals surface area contributed by atoms with E-state index in [-0.39, 0.29) is 6.17 Å². The third kappa shape index (κ3) is 9.30. The molecule has 0 aliphatic carbocycles. The smallest absolute Gasteiger partial charge is 0.0892 e. The molecule has 0 rings (SSSR count). The molecule has 0 aromatic carbocycles. The van der Waals surface area contributed by atoms with Crippen LogP contribution in [0.5, 0.6) is 0 Å². The second-order valence-electron chi connectivity index (χ2n) is 2.32. The predicted molar refractivity (Wildman–Crippen MR) is 46.7 cm³/mol. The number of rotatable bonds is 5. The SMILES string of the molecule is CCCN=C=NCCC(N)N. The summed E-state index contributed by atoms with van der Waals surface area (Å²) in [6.45, 7) is 3.46. The molecule has 0 aliphatic rings. The molecule has 0 radical (unpaired) electrons. The minimum atomic E-state index is -0.272. The maximum atomic E-state index is 5.29. The summed E-state index contributed by atoms with van der Waals surface area (Å²) in [6, 6.07) is 2.58. The van der Waals surface area contributed by atoms with Crippen LogP contribution < -0.4 is 11.5 Å². The molecule has 64 valence electrons. The van der Waals surface area contributed by atoms with Gasteiger partial charge in [0.05, 0.1) is 18.7 Å². The van der Waals surface area contributed by atoms with Gasteiger partial charge in [0.1, 0.15) is 0 Å². The lowest BCUT2D eigenvalue weighted by Crippen LogP contribution is -2.30. The second kappa shape index (κ2) is 7.41. The lowest BCUT2D eigenvalue weighted by molar-refractivity contribution is 0.650. The second-order valence-corrected chi connectivity index (χ2v) is 2.32. The summed E-state index contributed by atoms with van der Waals surface area (Å²) >= 11 is 0. The van der Waals surface area contributed by atoms with Crippen LogP contribution in [0.25, 0.3) is 0 Å². The first-order valence-corrected chi connectivity index (χ1v) is 3.86. The van der Waals surface area contributed by atoms with Crippen molar-refractivity contribution < 1.29 is 0 Å². The van der Waals surface area contributed by atoms with Gasteiger partial charge in [-0.25, -0.2) is 9.98 Å². The van der Waals surface area contributed by atoms with Gasteiger partial charge in [-0.1, -0.05) is 6.92 Å². The monoisotopic (exact) mass is 156 g/mol. The molecule has 0 saturated heterocycles. The van der Waals surface area contributed by atoms with Crippen LogP contribution in [0.2, 0.25) is 0 Å². The van der Waals surface area contributed by atoms with Gasteiger partial charge in [-0.05, 0) is 12.8 Å². The highest BCUT2D eigenvalue weighted by Gasteiger charge is 1.89. The van der Waals surface area contributed by atoms with E-state index < -0.39 is 0 Å². The van der Waals surface area contributed by atoms with Gasteiger partial charge in [-0.3, -0.25) is 0 Å². The number of hydrogen-bond acceptors (Lipinski definition) is 4. The van der Waals surface area contributed by atoms with E-state index >= 15 is 0 Å². The van der Waals surface area contributed by atoms with Crippen molar-refractivity contribution in [1.29, 1.82) is 0 Å². The van der Waals surface area contributed by atoms with Gasteiger partial charge in [-0.15, -0.1) is 0 Å². The van der Waals surface area contributed by atoms with E-state index in [0.717, 1.165) is 13.0 Å². The molecule has 0 unspecified atom stereocenters. The van der Waals surface area contributed by atoms with Gasteiger partial charge in [0, 0.05) is 6.54 Å². The number of nitrogens with zero attached hydrogens (tertiary/aromatic N) is 2. The van der Waals surface area contributed by atoms with Crippen molar-refractivity contribution in [1.82, 2.24) is 0 Å². The van der Waals surface area contributed by atoms with Crippen molar-refractivity contribution in [3.63, 3.8) is 0 Å². The first-order valence-electron chi connectivity index (χ1n) is 3.86. The average molecular weight is 156 g/mol. The molecule has 0 saturated carbocycles. The van der Waals surface area contributed by atoms with Crippen LogP contribution in [0.4, 0.5) is 0 Å². The average Bonchev–Trinajstić information content (AvgIpc) is 1.96. The Morgan fingerprint density at radius 1 is 1.27 bits per heavy atom. The molecule has 0 aromatic rings. The molecular formula is C7H16N4. The van der Waals surface area contributed by atoms with E-state index in [4.69, 9.17) is 11.5 Å². The Hall–Kier alpha value is -0.700. The number of aliphatic imine (C=N–C) groups is 2. The van der Waals surface area contributed by atoms with Crippen LogP contribution >= 0.6 is 0 Å². The molecule has 0 atom stereocenters. The lowest BCUT2D eigenvalue weighted by atomic mass is 10.4. The van der Waals surface area contributed by atoms with Crippen LogP contribution in [-0.2, 0) is 0 Å². The Morgan fingerprint density at radius 2 is 1.91 bits per heavy atom. The molecule has 0 bridgehead atoms. The summed E-state index contributed by atoms with van der Waals surface area (Å²) in [4.78, 5) is 7.76. The van der Waals surface area contributed by atoms with E-state index in [1.807, 2.05) is 0 Å². The molecule has 0 amide bonds. The summed E-state index contributed by atoms with van der Waals surface area (Å²) in [5.41, 5.74) is 10.6. The molecule has 4 nitrogen and oxygen atoms in total. The highest BCUT2D eigenvalue weighted by Crippen LogP contribution is 1.79. The van der Waals surface area contributed by atoms with E-state index in [9.17, 15) is 0 Å². The van der Waals surface area contributed by atoms with Gasteiger partial charge in [0.15, 0.2) is 0 Å². The Kier molecular flexibility index (Phi) is 6.94. The van der Waals surface area contributed by atoms with Crippen LogP contribution in [0, 0.1) is 0 Å².